The molecule has 7 heteroatoms. The largest absolute Gasteiger partial charge is 0.351 e. The van der Waals surface area contributed by atoms with E-state index in [0.717, 1.165) is 18.4 Å². The average molecular weight is 413 g/mol. The standard InChI is InChI=1S/C23H29FN4O2/c1-3-16(4-2)23(30)27-20-15-28(14-19(20)17-7-5-8-18(24)13-17)22(29)10-9-21-25-11-6-12-26-21/h5-8,11-13,16,19-20H,3-4,9-10,14-15H2,1-2H3,(H,27,30)/t19-,20+/m0/s1. The zero-order chi connectivity index (χ0) is 21.5. The molecule has 6 nitrogen and oxygen atoms in total. The van der Waals surface area contributed by atoms with E-state index >= 15 is 0 Å². The molecule has 160 valence electrons. The first-order valence-corrected chi connectivity index (χ1v) is 10.6. The fourth-order valence-electron chi connectivity index (χ4n) is 4.02. The number of carbonyl (C=O) groups is 2. The van der Waals surface area contributed by atoms with Gasteiger partial charge in [-0.1, -0.05) is 26.0 Å². The van der Waals surface area contributed by atoms with Crippen LogP contribution in [0.2, 0.25) is 0 Å². The molecule has 0 bridgehead atoms. The Labute approximate surface area is 176 Å². The summed E-state index contributed by atoms with van der Waals surface area (Å²) in [7, 11) is 0. The van der Waals surface area contributed by atoms with Crippen LogP contribution in [0.1, 0.15) is 50.4 Å². The van der Waals surface area contributed by atoms with Crippen molar-refractivity contribution in [2.45, 2.75) is 51.5 Å². The number of nitrogens with one attached hydrogen (secondary N) is 1. The van der Waals surface area contributed by atoms with Gasteiger partial charge in [0.15, 0.2) is 0 Å². The van der Waals surface area contributed by atoms with Crippen molar-refractivity contribution in [1.29, 1.82) is 0 Å². The highest BCUT2D eigenvalue weighted by atomic mass is 19.1. The normalized spacial score (nSPS) is 18.6. The third-order valence-electron chi connectivity index (χ3n) is 5.82. The number of carbonyl (C=O) groups excluding carboxylic acids is 2. The first-order valence-electron chi connectivity index (χ1n) is 10.6. The lowest BCUT2D eigenvalue weighted by molar-refractivity contribution is -0.131. The van der Waals surface area contributed by atoms with Crippen molar-refractivity contribution in [2.75, 3.05) is 13.1 Å². The molecule has 0 aliphatic carbocycles. The Bertz CT molecular complexity index is 857. The summed E-state index contributed by atoms with van der Waals surface area (Å²) in [5.41, 5.74) is 0.798. The van der Waals surface area contributed by atoms with Crippen molar-refractivity contribution in [1.82, 2.24) is 20.2 Å². The molecule has 0 radical (unpaired) electrons. The maximum Gasteiger partial charge on any atom is 0.223 e. The average Bonchev–Trinajstić information content (AvgIpc) is 3.17. The molecule has 3 rings (SSSR count). The summed E-state index contributed by atoms with van der Waals surface area (Å²) in [5, 5.41) is 3.13. The van der Waals surface area contributed by atoms with Crippen LogP contribution in [0.25, 0.3) is 0 Å². The Kier molecular flexibility index (Phi) is 7.49. The minimum Gasteiger partial charge on any atom is -0.351 e. The number of hydrogen-bond acceptors (Lipinski definition) is 4. The lowest BCUT2D eigenvalue weighted by Gasteiger charge is -2.22. The molecule has 1 saturated heterocycles. The first-order chi connectivity index (χ1) is 14.5. The van der Waals surface area contributed by atoms with Crippen LogP contribution in [0.4, 0.5) is 4.39 Å². The fourth-order valence-corrected chi connectivity index (χ4v) is 4.02. The summed E-state index contributed by atoms with van der Waals surface area (Å²) in [6, 6.07) is 7.92. The van der Waals surface area contributed by atoms with Crippen LogP contribution in [0.15, 0.2) is 42.7 Å². The topological polar surface area (TPSA) is 75.2 Å². The molecule has 1 fully saturated rings. The fraction of sp³-hybridized carbons (Fsp3) is 0.478. The second-order valence-corrected chi connectivity index (χ2v) is 7.75. The van der Waals surface area contributed by atoms with Crippen molar-refractivity contribution in [2.24, 2.45) is 5.92 Å². The second-order valence-electron chi connectivity index (χ2n) is 7.75. The Hall–Kier alpha value is -2.83. The Morgan fingerprint density at radius 3 is 2.57 bits per heavy atom. The first kappa shape index (κ1) is 21.9. The van der Waals surface area contributed by atoms with E-state index in [1.807, 2.05) is 19.9 Å². The van der Waals surface area contributed by atoms with Crippen molar-refractivity contribution in [3.63, 3.8) is 0 Å². The van der Waals surface area contributed by atoms with Crippen LogP contribution in [-0.4, -0.2) is 45.8 Å². The van der Waals surface area contributed by atoms with Gasteiger partial charge < -0.3 is 10.2 Å². The van der Waals surface area contributed by atoms with Gasteiger partial charge in [-0.3, -0.25) is 9.59 Å². The van der Waals surface area contributed by atoms with Crippen LogP contribution in [0.3, 0.4) is 0 Å². The van der Waals surface area contributed by atoms with Crippen LogP contribution >= 0.6 is 0 Å². The van der Waals surface area contributed by atoms with E-state index in [4.69, 9.17) is 0 Å². The highest BCUT2D eigenvalue weighted by Gasteiger charge is 2.37. The van der Waals surface area contributed by atoms with Crippen molar-refractivity contribution >= 4 is 11.8 Å². The predicted molar refractivity (Wildman–Crippen MR) is 112 cm³/mol. The monoisotopic (exact) mass is 412 g/mol. The van der Waals surface area contributed by atoms with Gasteiger partial charge in [-0.2, -0.15) is 0 Å². The number of halogens is 1. The molecule has 2 atom stereocenters. The van der Waals surface area contributed by atoms with E-state index in [0.29, 0.717) is 31.8 Å². The van der Waals surface area contributed by atoms with Gasteiger partial charge >= 0.3 is 0 Å². The lowest BCUT2D eigenvalue weighted by atomic mass is 9.93. The number of aromatic nitrogens is 2. The Morgan fingerprint density at radius 1 is 1.17 bits per heavy atom. The number of amides is 2. The van der Waals surface area contributed by atoms with Gasteiger partial charge in [-0.05, 0) is 36.6 Å². The summed E-state index contributed by atoms with van der Waals surface area (Å²) < 4.78 is 13.8. The molecule has 1 aromatic carbocycles. The van der Waals surface area contributed by atoms with Crippen LogP contribution in [0, 0.1) is 11.7 Å². The zero-order valence-electron chi connectivity index (χ0n) is 17.6. The van der Waals surface area contributed by atoms with Crippen LogP contribution < -0.4 is 5.32 Å². The van der Waals surface area contributed by atoms with Crippen LogP contribution in [-0.2, 0) is 16.0 Å². The van der Waals surface area contributed by atoms with Gasteiger partial charge in [0.25, 0.3) is 0 Å². The molecule has 0 spiro atoms. The van der Waals surface area contributed by atoms with Gasteiger partial charge in [-0.25, -0.2) is 14.4 Å². The Balaban J connectivity index is 1.72. The third kappa shape index (κ3) is 5.40. The van der Waals surface area contributed by atoms with Crippen LogP contribution in [0.5, 0.6) is 0 Å². The number of nitrogens with zero attached hydrogens (tertiary/aromatic N) is 3. The number of rotatable bonds is 8. The summed E-state index contributed by atoms with van der Waals surface area (Å²) in [6.45, 7) is 4.86. The van der Waals surface area contributed by atoms with Crippen molar-refractivity contribution in [3.05, 3.63) is 59.9 Å². The minimum atomic E-state index is -0.316. The smallest absolute Gasteiger partial charge is 0.223 e. The van der Waals surface area contributed by atoms with Gasteiger partial charge in [-0.15, -0.1) is 0 Å². The predicted octanol–water partition coefficient (Wildman–Crippen LogP) is 3.10. The van der Waals surface area contributed by atoms with E-state index < -0.39 is 0 Å². The van der Waals surface area contributed by atoms with Gasteiger partial charge in [0.05, 0.1) is 6.04 Å². The highest BCUT2D eigenvalue weighted by molar-refractivity contribution is 5.80. The molecular weight excluding hydrogens is 383 g/mol. The quantitative estimate of drug-likeness (QED) is 0.723. The molecule has 1 aliphatic rings. The number of benzene rings is 1. The van der Waals surface area contributed by atoms with E-state index in [-0.39, 0.29) is 35.5 Å². The highest BCUT2D eigenvalue weighted by Crippen LogP contribution is 2.29. The summed E-state index contributed by atoms with van der Waals surface area (Å²) in [5.74, 6) is 0.101. The molecular formula is C23H29FN4O2. The molecule has 2 heterocycles. The van der Waals surface area contributed by atoms with Gasteiger partial charge in [0.2, 0.25) is 11.8 Å². The summed E-state index contributed by atoms with van der Waals surface area (Å²) in [6.07, 6.45) is 5.61. The SMILES string of the molecule is CCC(CC)C(=O)N[C@@H]1CN(C(=O)CCc2ncccn2)C[C@H]1c1cccc(F)c1. The van der Waals surface area contributed by atoms with E-state index in [9.17, 15) is 14.0 Å². The Morgan fingerprint density at radius 2 is 1.90 bits per heavy atom. The lowest BCUT2D eigenvalue weighted by Crippen LogP contribution is -2.43. The van der Waals surface area contributed by atoms with E-state index in [2.05, 4.69) is 15.3 Å². The maximum absolute atomic E-state index is 13.8. The van der Waals surface area contributed by atoms with E-state index in [1.165, 1.54) is 12.1 Å². The number of hydrogen-bond donors (Lipinski definition) is 1. The maximum atomic E-state index is 13.8. The van der Waals surface area contributed by atoms with Gasteiger partial charge in [0, 0.05) is 50.2 Å². The molecule has 1 N–H and O–H groups in total. The number of aryl methyl sites for hydroxylation is 1. The zero-order valence-corrected chi connectivity index (χ0v) is 17.6. The molecule has 30 heavy (non-hydrogen) atoms. The molecule has 2 amide bonds. The summed E-state index contributed by atoms with van der Waals surface area (Å²) in [4.78, 5) is 35.6. The van der Waals surface area contributed by atoms with E-state index in [1.54, 1.807) is 29.4 Å². The molecule has 2 aromatic rings. The molecule has 0 unspecified atom stereocenters. The van der Waals surface area contributed by atoms with Crippen molar-refractivity contribution in [3.8, 4) is 0 Å². The van der Waals surface area contributed by atoms with Crippen molar-refractivity contribution < 1.29 is 14.0 Å². The third-order valence-corrected chi connectivity index (χ3v) is 5.82. The second kappa shape index (κ2) is 10.3. The molecule has 1 aliphatic heterocycles. The van der Waals surface area contributed by atoms with Gasteiger partial charge in [0.1, 0.15) is 11.6 Å². The number of likely N-dealkylation sites (tertiary alicyclic amines) is 1. The molecule has 0 saturated carbocycles. The minimum absolute atomic E-state index is 0.00149. The molecule has 1 aromatic heterocycles. The summed E-state index contributed by atoms with van der Waals surface area (Å²) >= 11 is 0.